The van der Waals surface area contributed by atoms with Gasteiger partial charge in [0.05, 0.1) is 17.9 Å². The fourth-order valence-corrected chi connectivity index (χ4v) is 1.82. The van der Waals surface area contributed by atoms with Crippen molar-refractivity contribution in [1.29, 1.82) is 0 Å². The lowest BCUT2D eigenvalue weighted by molar-refractivity contribution is 0.353. The molecule has 0 unspecified atom stereocenters. The number of nitrogens with zero attached hydrogens (tertiary/aromatic N) is 3. The Morgan fingerprint density at radius 2 is 2.17 bits per heavy atom. The fourth-order valence-electron chi connectivity index (χ4n) is 1.82. The van der Waals surface area contributed by atoms with E-state index in [-0.39, 0.29) is 0 Å². The summed E-state index contributed by atoms with van der Waals surface area (Å²) >= 11 is 0. The number of hydrogen-bond donors (Lipinski definition) is 1. The Morgan fingerprint density at radius 1 is 1.39 bits per heavy atom. The minimum Gasteiger partial charge on any atom is -0.361 e. The molecule has 5 nitrogen and oxygen atoms in total. The summed E-state index contributed by atoms with van der Waals surface area (Å²) in [5.41, 5.74) is 2.12. The molecule has 2 aromatic heterocycles. The summed E-state index contributed by atoms with van der Waals surface area (Å²) in [6.45, 7) is 8.96. The van der Waals surface area contributed by atoms with Crippen LogP contribution in [0.25, 0.3) is 0 Å². The van der Waals surface area contributed by atoms with Crippen LogP contribution in [0.3, 0.4) is 0 Å². The molecule has 18 heavy (non-hydrogen) atoms. The summed E-state index contributed by atoms with van der Waals surface area (Å²) in [7, 11) is 0. The Kier molecular flexibility index (Phi) is 3.81. The van der Waals surface area contributed by atoms with Gasteiger partial charge in [-0.15, -0.1) is 0 Å². The Labute approximate surface area is 107 Å². The topological polar surface area (TPSA) is 55.9 Å². The first-order valence-corrected chi connectivity index (χ1v) is 6.22. The molecule has 2 aromatic rings. The van der Waals surface area contributed by atoms with E-state index in [9.17, 15) is 0 Å². The van der Waals surface area contributed by atoms with Crippen LogP contribution >= 0.6 is 0 Å². The molecule has 0 radical (unpaired) electrons. The van der Waals surface area contributed by atoms with Crippen molar-refractivity contribution in [2.75, 3.05) is 0 Å². The first-order valence-electron chi connectivity index (χ1n) is 6.22. The Hall–Kier alpha value is -1.62. The van der Waals surface area contributed by atoms with Gasteiger partial charge in [-0.1, -0.05) is 5.16 Å². The van der Waals surface area contributed by atoms with E-state index in [0.29, 0.717) is 18.6 Å². The molecule has 2 rings (SSSR count). The summed E-state index contributed by atoms with van der Waals surface area (Å²) in [5, 5.41) is 11.7. The van der Waals surface area contributed by atoms with Crippen LogP contribution in [0, 0.1) is 13.8 Å². The third-order valence-electron chi connectivity index (χ3n) is 3.15. The second-order valence-corrected chi connectivity index (χ2v) is 4.84. The lowest BCUT2D eigenvalue weighted by Crippen LogP contribution is -2.33. The van der Waals surface area contributed by atoms with Gasteiger partial charge in [-0.05, 0) is 33.3 Å². The second-order valence-electron chi connectivity index (χ2n) is 4.84. The van der Waals surface area contributed by atoms with Crippen LogP contribution in [0.1, 0.15) is 36.9 Å². The third kappa shape index (κ3) is 2.98. The van der Waals surface area contributed by atoms with Crippen molar-refractivity contribution in [2.24, 2.45) is 0 Å². The summed E-state index contributed by atoms with van der Waals surface area (Å²) in [5.74, 6) is 0.843. The lowest BCUT2D eigenvalue weighted by Gasteiger charge is -2.21. The van der Waals surface area contributed by atoms with E-state index in [2.05, 4.69) is 35.6 Å². The van der Waals surface area contributed by atoms with E-state index >= 15 is 0 Å². The maximum atomic E-state index is 5.04. The molecule has 2 atom stereocenters. The molecular weight excluding hydrogens is 228 g/mol. The molecule has 0 aromatic carbocycles. The SMILES string of the molecule is Cc1cnn([C@H](C)[C@@H](C)NCc2cc(C)on2)c1. The first-order chi connectivity index (χ1) is 8.56. The second kappa shape index (κ2) is 5.35. The molecule has 0 aliphatic heterocycles. The first kappa shape index (κ1) is 12.8. The molecule has 1 N–H and O–H groups in total. The van der Waals surface area contributed by atoms with Crippen molar-refractivity contribution in [3.8, 4) is 0 Å². The van der Waals surface area contributed by atoms with Crippen molar-refractivity contribution in [2.45, 2.75) is 46.3 Å². The van der Waals surface area contributed by atoms with Gasteiger partial charge in [0.25, 0.3) is 0 Å². The maximum Gasteiger partial charge on any atom is 0.133 e. The Morgan fingerprint density at radius 3 is 2.72 bits per heavy atom. The highest BCUT2D eigenvalue weighted by Crippen LogP contribution is 2.11. The molecule has 0 bridgehead atoms. The van der Waals surface area contributed by atoms with Crippen molar-refractivity contribution in [1.82, 2.24) is 20.3 Å². The zero-order chi connectivity index (χ0) is 13.1. The standard InChI is InChI=1S/C13H20N4O/c1-9-6-15-17(8-9)12(4)11(3)14-7-13-5-10(2)18-16-13/h5-6,8,11-12,14H,7H2,1-4H3/t11-,12-/m1/s1. The molecule has 0 saturated carbocycles. The van der Waals surface area contributed by atoms with Crippen molar-refractivity contribution in [3.05, 3.63) is 35.5 Å². The van der Waals surface area contributed by atoms with Crippen LogP contribution in [0.5, 0.6) is 0 Å². The fraction of sp³-hybridized carbons (Fsp3) is 0.538. The predicted molar refractivity (Wildman–Crippen MR) is 69.2 cm³/mol. The van der Waals surface area contributed by atoms with Crippen molar-refractivity contribution < 1.29 is 4.52 Å². The monoisotopic (exact) mass is 248 g/mol. The van der Waals surface area contributed by atoms with E-state index in [1.54, 1.807) is 0 Å². The molecule has 0 fully saturated rings. The van der Waals surface area contributed by atoms with E-state index in [4.69, 9.17) is 4.52 Å². The van der Waals surface area contributed by atoms with Gasteiger partial charge in [0.1, 0.15) is 5.76 Å². The molecular formula is C13H20N4O. The zero-order valence-corrected chi connectivity index (χ0v) is 11.3. The van der Waals surface area contributed by atoms with Crippen molar-refractivity contribution >= 4 is 0 Å². The van der Waals surface area contributed by atoms with Crippen LogP contribution in [0.2, 0.25) is 0 Å². The summed E-state index contributed by atoms with van der Waals surface area (Å²) in [6.07, 6.45) is 3.94. The van der Waals surface area contributed by atoms with E-state index in [1.807, 2.05) is 30.8 Å². The van der Waals surface area contributed by atoms with Gasteiger partial charge in [0, 0.05) is 24.8 Å². The molecule has 0 aliphatic rings. The molecule has 0 aliphatic carbocycles. The lowest BCUT2D eigenvalue weighted by atomic mass is 10.1. The molecule has 0 spiro atoms. The number of aromatic nitrogens is 3. The van der Waals surface area contributed by atoms with Gasteiger partial charge in [-0.2, -0.15) is 5.10 Å². The molecule has 5 heteroatoms. The molecule has 98 valence electrons. The highest BCUT2D eigenvalue weighted by molar-refractivity contribution is 5.04. The van der Waals surface area contributed by atoms with E-state index < -0.39 is 0 Å². The average molecular weight is 248 g/mol. The van der Waals surface area contributed by atoms with E-state index in [1.165, 1.54) is 5.56 Å². The number of hydrogen-bond acceptors (Lipinski definition) is 4. The molecule has 2 heterocycles. The maximum absolute atomic E-state index is 5.04. The quantitative estimate of drug-likeness (QED) is 0.881. The average Bonchev–Trinajstić information content (AvgIpc) is 2.94. The smallest absolute Gasteiger partial charge is 0.133 e. The zero-order valence-electron chi connectivity index (χ0n) is 11.3. The minimum atomic E-state index is 0.298. The summed E-state index contributed by atoms with van der Waals surface area (Å²) in [6, 6.07) is 2.55. The van der Waals surface area contributed by atoms with Gasteiger partial charge < -0.3 is 9.84 Å². The largest absolute Gasteiger partial charge is 0.361 e. The summed E-state index contributed by atoms with van der Waals surface area (Å²) in [4.78, 5) is 0. The Balaban J connectivity index is 1.89. The van der Waals surface area contributed by atoms with Gasteiger partial charge >= 0.3 is 0 Å². The normalized spacial score (nSPS) is 14.7. The Bertz CT molecular complexity index is 503. The van der Waals surface area contributed by atoms with Crippen LogP contribution in [-0.2, 0) is 6.54 Å². The predicted octanol–water partition coefficient (Wildman–Crippen LogP) is 2.23. The van der Waals surface area contributed by atoms with Gasteiger partial charge in [0.15, 0.2) is 0 Å². The molecule has 0 amide bonds. The van der Waals surface area contributed by atoms with Crippen molar-refractivity contribution in [3.63, 3.8) is 0 Å². The molecule has 0 saturated heterocycles. The minimum absolute atomic E-state index is 0.298. The van der Waals surface area contributed by atoms with Crippen LogP contribution in [0.4, 0.5) is 0 Å². The van der Waals surface area contributed by atoms with Crippen LogP contribution in [-0.4, -0.2) is 21.0 Å². The van der Waals surface area contributed by atoms with Gasteiger partial charge in [-0.3, -0.25) is 4.68 Å². The number of nitrogens with one attached hydrogen (secondary N) is 1. The third-order valence-corrected chi connectivity index (χ3v) is 3.15. The van der Waals surface area contributed by atoms with Crippen LogP contribution < -0.4 is 5.32 Å². The highest BCUT2D eigenvalue weighted by Gasteiger charge is 2.14. The van der Waals surface area contributed by atoms with Gasteiger partial charge in [-0.25, -0.2) is 0 Å². The number of aryl methyl sites for hydroxylation is 2. The van der Waals surface area contributed by atoms with E-state index in [0.717, 1.165) is 11.5 Å². The van der Waals surface area contributed by atoms with Crippen LogP contribution in [0.15, 0.2) is 23.0 Å². The van der Waals surface area contributed by atoms with Gasteiger partial charge in [0.2, 0.25) is 0 Å². The number of rotatable bonds is 5. The summed E-state index contributed by atoms with van der Waals surface area (Å²) < 4.78 is 7.02. The highest BCUT2D eigenvalue weighted by atomic mass is 16.5.